The number of aliphatic hydroxyl groups excluding tert-OH is 3. The lowest BCUT2D eigenvalue weighted by molar-refractivity contribution is -0.0511. The van der Waals surface area contributed by atoms with Gasteiger partial charge < -0.3 is 25.2 Å². The Kier molecular flexibility index (Phi) is 4.60. The minimum atomic E-state index is -1.36. The first-order valence-electron chi connectivity index (χ1n) is 8.28. The van der Waals surface area contributed by atoms with Crippen molar-refractivity contribution in [3.63, 3.8) is 0 Å². The van der Waals surface area contributed by atoms with Gasteiger partial charge in [0.15, 0.2) is 17.4 Å². The highest BCUT2D eigenvalue weighted by atomic mass is 16.6. The Morgan fingerprint density at radius 1 is 1.21 bits per heavy atom. The molecule has 1 aliphatic heterocycles. The van der Waals surface area contributed by atoms with Crippen molar-refractivity contribution in [3.05, 3.63) is 40.9 Å². The van der Waals surface area contributed by atoms with Crippen LogP contribution in [0.15, 0.2) is 45.6 Å². The van der Waals surface area contributed by atoms with Crippen molar-refractivity contribution in [1.82, 2.24) is 19.5 Å². The highest BCUT2D eigenvalue weighted by Gasteiger charge is 2.44. The molecule has 4 rings (SSSR count). The largest absolute Gasteiger partial charge is 0.506 e. The van der Waals surface area contributed by atoms with Crippen LogP contribution in [0.4, 0.5) is 11.6 Å². The molecule has 0 spiro atoms. The van der Waals surface area contributed by atoms with Crippen LogP contribution in [0.1, 0.15) is 6.23 Å². The van der Waals surface area contributed by atoms with Gasteiger partial charge in [-0.3, -0.25) is 14.3 Å². The fourth-order valence-corrected chi connectivity index (χ4v) is 2.91. The Bertz CT molecular complexity index is 1090. The SMILES string of the molecule is O=c1[nH]c(N=Nc2ccccc2O)nc2c1ncn2C1O[C@H](CO)[C@@H](O)[C@H]1O. The fourth-order valence-electron chi connectivity index (χ4n) is 2.91. The minimum Gasteiger partial charge on any atom is -0.506 e. The molecule has 1 aromatic carbocycles. The van der Waals surface area contributed by atoms with E-state index in [1.807, 2.05) is 0 Å². The second-order valence-corrected chi connectivity index (χ2v) is 6.13. The number of benzene rings is 1. The molecule has 0 radical (unpaired) electrons. The summed E-state index contributed by atoms with van der Waals surface area (Å²) in [6.07, 6.45) is -3.53. The molecule has 28 heavy (non-hydrogen) atoms. The van der Waals surface area contributed by atoms with E-state index in [0.29, 0.717) is 0 Å². The number of para-hydroxylation sites is 1. The van der Waals surface area contributed by atoms with Crippen molar-refractivity contribution in [1.29, 1.82) is 0 Å². The summed E-state index contributed by atoms with van der Waals surface area (Å²) < 4.78 is 6.72. The van der Waals surface area contributed by atoms with Crippen molar-refractivity contribution in [2.24, 2.45) is 10.2 Å². The third kappa shape index (κ3) is 3.03. The maximum atomic E-state index is 12.3. The molecule has 0 saturated carbocycles. The molecule has 12 nitrogen and oxygen atoms in total. The van der Waals surface area contributed by atoms with Gasteiger partial charge in [-0.2, -0.15) is 4.98 Å². The number of imidazole rings is 1. The molecule has 3 aromatic rings. The van der Waals surface area contributed by atoms with Crippen LogP contribution >= 0.6 is 0 Å². The molecule has 4 atom stereocenters. The van der Waals surface area contributed by atoms with E-state index < -0.39 is 36.7 Å². The van der Waals surface area contributed by atoms with Gasteiger partial charge in [-0.05, 0) is 12.1 Å². The van der Waals surface area contributed by atoms with Gasteiger partial charge >= 0.3 is 0 Å². The third-order valence-corrected chi connectivity index (χ3v) is 4.35. The number of hydrogen-bond donors (Lipinski definition) is 5. The van der Waals surface area contributed by atoms with Crippen molar-refractivity contribution in [3.8, 4) is 5.75 Å². The fraction of sp³-hybridized carbons (Fsp3) is 0.312. The molecule has 1 fully saturated rings. The van der Waals surface area contributed by atoms with Crippen LogP contribution in [0.5, 0.6) is 5.75 Å². The summed E-state index contributed by atoms with van der Waals surface area (Å²) in [6.45, 7) is -0.491. The number of azo groups is 1. The molecule has 146 valence electrons. The first kappa shape index (κ1) is 18.2. The van der Waals surface area contributed by atoms with Crippen LogP contribution in [0, 0.1) is 0 Å². The minimum absolute atomic E-state index is 0.0285. The normalized spacial score (nSPS) is 25.1. The number of aromatic amines is 1. The van der Waals surface area contributed by atoms with E-state index in [1.165, 1.54) is 23.0 Å². The van der Waals surface area contributed by atoms with Gasteiger partial charge in [0.2, 0.25) is 0 Å². The average Bonchev–Trinajstić information content (AvgIpc) is 3.23. The molecule has 1 aliphatic rings. The second-order valence-electron chi connectivity index (χ2n) is 6.13. The predicted octanol–water partition coefficient (Wildman–Crippen LogP) is -0.148. The van der Waals surface area contributed by atoms with Crippen molar-refractivity contribution >= 4 is 22.8 Å². The first-order valence-corrected chi connectivity index (χ1v) is 8.28. The van der Waals surface area contributed by atoms with E-state index in [4.69, 9.17) is 4.74 Å². The van der Waals surface area contributed by atoms with E-state index in [2.05, 4.69) is 25.2 Å². The standard InChI is InChI=1S/C16H16N6O6/c23-5-9-11(25)12(26)15(28-9)22-6-17-10-13(22)18-16(19-14(10)27)21-20-7-3-1-2-4-8(7)24/h1-4,6,9,11-12,15,23-26H,5H2,(H,18,19,27)/t9-,11-,12-,15?/m1/s1. The lowest BCUT2D eigenvalue weighted by atomic mass is 10.1. The van der Waals surface area contributed by atoms with Gasteiger partial charge in [-0.1, -0.05) is 12.1 Å². The maximum Gasteiger partial charge on any atom is 0.280 e. The number of phenolic OH excluding ortho intramolecular Hbond substituents is 1. The lowest BCUT2D eigenvalue weighted by Gasteiger charge is -2.16. The molecule has 1 saturated heterocycles. The number of H-pyrrole nitrogens is 1. The zero-order valence-corrected chi connectivity index (χ0v) is 14.2. The van der Waals surface area contributed by atoms with Crippen LogP contribution in [0.3, 0.4) is 0 Å². The Hall–Kier alpha value is -3.19. The van der Waals surface area contributed by atoms with Crippen molar-refractivity contribution < 1.29 is 25.2 Å². The monoisotopic (exact) mass is 388 g/mol. The maximum absolute atomic E-state index is 12.3. The number of aromatic hydroxyl groups is 1. The van der Waals surface area contributed by atoms with Gasteiger partial charge in [-0.15, -0.1) is 10.2 Å². The molecule has 2 aromatic heterocycles. The molecule has 0 amide bonds. The van der Waals surface area contributed by atoms with Gasteiger partial charge in [0.1, 0.15) is 29.7 Å². The molecule has 5 N–H and O–H groups in total. The number of hydrogen-bond acceptors (Lipinski definition) is 10. The topological polar surface area (TPSA) is 178 Å². The van der Waals surface area contributed by atoms with Gasteiger partial charge in [-0.25, -0.2) is 4.98 Å². The summed E-state index contributed by atoms with van der Waals surface area (Å²) in [7, 11) is 0. The molecular formula is C16H16N6O6. The second kappa shape index (κ2) is 7.09. The summed E-state index contributed by atoms with van der Waals surface area (Å²) in [6, 6.07) is 6.24. The lowest BCUT2D eigenvalue weighted by Crippen LogP contribution is -2.33. The molecule has 1 unspecified atom stereocenters. The Balaban J connectivity index is 1.73. The van der Waals surface area contributed by atoms with Gasteiger partial charge in [0, 0.05) is 0 Å². The van der Waals surface area contributed by atoms with Gasteiger partial charge in [0.25, 0.3) is 11.5 Å². The zero-order chi connectivity index (χ0) is 19.8. The summed E-state index contributed by atoms with van der Waals surface area (Å²) in [5.41, 5.74) is -0.395. The average molecular weight is 388 g/mol. The smallest absolute Gasteiger partial charge is 0.280 e. The van der Waals surface area contributed by atoms with Crippen LogP contribution in [-0.4, -0.2) is 64.9 Å². The summed E-state index contributed by atoms with van der Waals surface area (Å²) in [4.78, 5) is 22.8. The van der Waals surface area contributed by atoms with Crippen LogP contribution in [-0.2, 0) is 4.74 Å². The number of fused-ring (bicyclic) bond motifs is 1. The quantitative estimate of drug-likeness (QED) is 0.383. The Morgan fingerprint density at radius 3 is 2.71 bits per heavy atom. The number of phenols is 1. The summed E-state index contributed by atoms with van der Waals surface area (Å²) in [5.74, 6) is -0.250. The van der Waals surface area contributed by atoms with Crippen molar-refractivity contribution in [2.75, 3.05) is 6.61 Å². The number of ether oxygens (including phenoxy) is 1. The molecule has 0 bridgehead atoms. The molecule has 12 heteroatoms. The molecular weight excluding hydrogens is 372 g/mol. The number of aromatic nitrogens is 4. The van der Waals surface area contributed by atoms with E-state index in [0.717, 1.165) is 0 Å². The molecule has 0 aliphatic carbocycles. The van der Waals surface area contributed by atoms with Crippen LogP contribution < -0.4 is 5.56 Å². The van der Waals surface area contributed by atoms with E-state index in [-0.39, 0.29) is 28.5 Å². The first-order chi connectivity index (χ1) is 13.5. The van der Waals surface area contributed by atoms with Crippen molar-refractivity contribution in [2.45, 2.75) is 24.5 Å². The van der Waals surface area contributed by atoms with Crippen LogP contribution in [0.25, 0.3) is 11.2 Å². The predicted molar refractivity (Wildman–Crippen MR) is 93.4 cm³/mol. The summed E-state index contributed by atoms with van der Waals surface area (Å²) in [5, 5.41) is 46.8. The Morgan fingerprint density at radius 2 is 2.00 bits per heavy atom. The zero-order valence-electron chi connectivity index (χ0n) is 14.2. The van der Waals surface area contributed by atoms with Crippen LogP contribution in [0.2, 0.25) is 0 Å². The Labute approximate surface area is 156 Å². The van der Waals surface area contributed by atoms with Gasteiger partial charge in [0.05, 0.1) is 12.9 Å². The highest BCUT2D eigenvalue weighted by Crippen LogP contribution is 2.31. The van der Waals surface area contributed by atoms with E-state index >= 15 is 0 Å². The van der Waals surface area contributed by atoms with E-state index in [9.17, 15) is 25.2 Å². The number of aliphatic hydroxyl groups is 3. The summed E-state index contributed by atoms with van der Waals surface area (Å²) >= 11 is 0. The van der Waals surface area contributed by atoms with E-state index in [1.54, 1.807) is 12.1 Å². The number of rotatable bonds is 4. The number of nitrogens with zero attached hydrogens (tertiary/aromatic N) is 5. The highest BCUT2D eigenvalue weighted by molar-refractivity contribution is 5.70. The third-order valence-electron chi connectivity index (χ3n) is 4.35. The molecule has 3 heterocycles. The number of nitrogens with one attached hydrogen (secondary N) is 1.